The van der Waals surface area contributed by atoms with Crippen molar-refractivity contribution in [3.63, 3.8) is 0 Å². The predicted octanol–water partition coefficient (Wildman–Crippen LogP) is 4.62. The second-order valence-electron chi connectivity index (χ2n) is 6.51. The van der Waals surface area contributed by atoms with Gasteiger partial charge in [-0.15, -0.1) is 0 Å². The maximum atomic E-state index is 14.3. The van der Waals surface area contributed by atoms with Crippen molar-refractivity contribution in [3.8, 4) is 11.1 Å². The lowest BCUT2D eigenvalue weighted by Crippen LogP contribution is -2.17. The number of anilines is 1. The average Bonchev–Trinajstić information content (AvgIpc) is 3.41. The van der Waals surface area contributed by atoms with Crippen LogP contribution in [0.15, 0.2) is 42.5 Å². The van der Waals surface area contributed by atoms with Crippen molar-refractivity contribution >= 4 is 11.6 Å². The lowest BCUT2D eigenvalue weighted by atomic mass is 10.0. The Labute approximate surface area is 133 Å². The molecule has 1 amide bonds. The van der Waals surface area contributed by atoms with Crippen LogP contribution >= 0.6 is 0 Å². The zero-order valence-electron chi connectivity index (χ0n) is 12.6. The van der Waals surface area contributed by atoms with Crippen molar-refractivity contribution in [1.82, 2.24) is 0 Å². The van der Waals surface area contributed by atoms with E-state index in [4.69, 9.17) is 0 Å². The normalized spacial score (nSPS) is 22.7. The summed E-state index contributed by atoms with van der Waals surface area (Å²) in [6.45, 7) is 0. The van der Waals surface area contributed by atoms with E-state index in [0.29, 0.717) is 23.0 Å². The third-order valence-electron chi connectivity index (χ3n) is 4.79. The Kier molecular flexibility index (Phi) is 3.40. The van der Waals surface area contributed by atoms with Crippen LogP contribution in [0.5, 0.6) is 0 Å². The van der Waals surface area contributed by atoms with Crippen LogP contribution in [0, 0.1) is 29.4 Å². The molecule has 2 saturated carbocycles. The number of rotatable bonds is 4. The summed E-state index contributed by atoms with van der Waals surface area (Å²) >= 11 is 0. The van der Waals surface area contributed by atoms with E-state index in [9.17, 15) is 13.6 Å². The quantitative estimate of drug-likeness (QED) is 0.877. The zero-order valence-corrected chi connectivity index (χ0v) is 12.6. The van der Waals surface area contributed by atoms with Crippen molar-refractivity contribution in [3.05, 3.63) is 54.1 Å². The Morgan fingerprint density at radius 1 is 1.09 bits per heavy atom. The molecule has 0 heterocycles. The number of carbonyl (C=O) groups is 1. The average molecular weight is 313 g/mol. The molecular weight excluding hydrogens is 296 g/mol. The summed E-state index contributed by atoms with van der Waals surface area (Å²) in [5.41, 5.74) is 1.12. The molecule has 2 aliphatic rings. The molecule has 1 N–H and O–H groups in total. The smallest absolute Gasteiger partial charge is 0.227 e. The second kappa shape index (κ2) is 5.44. The van der Waals surface area contributed by atoms with Gasteiger partial charge in [-0.1, -0.05) is 30.3 Å². The number of halogens is 2. The lowest BCUT2D eigenvalue weighted by molar-refractivity contribution is -0.117. The van der Waals surface area contributed by atoms with Crippen molar-refractivity contribution < 1.29 is 13.6 Å². The molecule has 0 aliphatic heterocycles. The summed E-state index contributed by atoms with van der Waals surface area (Å²) < 4.78 is 27.9. The first-order valence-corrected chi connectivity index (χ1v) is 7.99. The summed E-state index contributed by atoms with van der Waals surface area (Å²) in [5.74, 6) is -0.418. The van der Waals surface area contributed by atoms with E-state index in [1.807, 2.05) is 6.07 Å². The van der Waals surface area contributed by atoms with Gasteiger partial charge in [-0.05, 0) is 42.7 Å². The zero-order chi connectivity index (χ0) is 16.0. The number of amides is 1. The van der Waals surface area contributed by atoms with Gasteiger partial charge in [0.15, 0.2) is 0 Å². The SMILES string of the molecule is O=C(Nc1c(F)cc(F)cc1-c1ccccc1)[C@@H]1C[C@H]1C1CC1. The maximum Gasteiger partial charge on any atom is 0.227 e. The van der Waals surface area contributed by atoms with Crippen molar-refractivity contribution in [2.75, 3.05) is 5.32 Å². The van der Waals surface area contributed by atoms with Crippen LogP contribution in [0.3, 0.4) is 0 Å². The van der Waals surface area contributed by atoms with Gasteiger partial charge >= 0.3 is 0 Å². The highest BCUT2D eigenvalue weighted by atomic mass is 19.1. The minimum Gasteiger partial charge on any atom is -0.323 e. The van der Waals surface area contributed by atoms with Crippen molar-refractivity contribution in [1.29, 1.82) is 0 Å². The Balaban J connectivity index is 1.63. The van der Waals surface area contributed by atoms with Crippen LogP contribution in [0.4, 0.5) is 14.5 Å². The van der Waals surface area contributed by atoms with Crippen LogP contribution in [-0.2, 0) is 4.79 Å². The fraction of sp³-hybridized carbons (Fsp3) is 0.316. The monoisotopic (exact) mass is 313 g/mol. The first-order chi connectivity index (χ1) is 11.1. The number of nitrogens with one attached hydrogen (secondary N) is 1. The van der Waals surface area contributed by atoms with E-state index < -0.39 is 11.6 Å². The van der Waals surface area contributed by atoms with Gasteiger partial charge in [-0.3, -0.25) is 4.79 Å². The third-order valence-corrected chi connectivity index (χ3v) is 4.79. The van der Waals surface area contributed by atoms with Gasteiger partial charge in [0.1, 0.15) is 11.6 Å². The first kappa shape index (κ1) is 14.4. The highest BCUT2D eigenvalue weighted by Gasteiger charge is 2.51. The van der Waals surface area contributed by atoms with Gasteiger partial charge in [0, 0.05) is 17.5 Å². The van der Waals surface area contributed by atoms with E-state index >= 15 is 0 Å². The Morgan fingerprint density at radius 2 is 1.83 bits per heavy atom. The number of benzene rings is 2. The molecular formula is C19H17F2NO. The molecule has 0 bridgehead atoms. The molecule has 2 nitrogen and oxygen atoms in total. The molecule has 2 aliphatic carbocycles. The Morgan fingerprint density at radius 3 is 2.52 bits per heavy atom. The Bertz CT molecular complexity index is 755. The van der Waals surface area contributed by atoms with Crippen molar-refractivity contribution in [2.45, 2.75) is 19.3 Å². The van der Waals surface area contributed by atoms with Crippen LogP contribution < -0.4 is 5.32 Å². The van der Waals surface area contributed by atoms with Gasteiger partial charge < -0.3 is 5.32 Å². The minimum absolute atomic E-state index is 0.0180. The number of hydrogen-bond acceptors (Lipinski definition) is 1. The highest BCUT2D eigenvalue weighted by Crippen LogP contribution is 2.54. The van der Waals surface area contributed by atoms with Gasteiger partial charge in [0.25, 0.3) is 0 Å². The second-order valence-corrected chi connectivity index (χ2v) is 6.51. The highest BCUT2D eigenvalue weighted by molar-refractivity contribution is 5.98. The fourth-order valence-electron chi connectivity index (χ4n) is 3.32. The van der Waals surface area contributed by atoms with Gasteiger partial charge in [0.05, 0.1) is 5.69 Å². The third kappa shape index (κ3) is 2.85. The van der Waals surface area contributed by atoms with Gasteiger partial charge in [0.2, 0.25) is 5.91 Å². The molecule has 118 valence electrons. The molecule has 0 radical (unpaired) electrons. The van der Waals surface area contributed by atoms with Crippen LogP contribution in [-0.4, -0.2) is 5.91 Å². The van der Waals surface area contributed by atoms with E-state index in [1.165, 1.54) is 18.9 Å². The lowest BCUT2D eigenvalue weighted by Gasteiger charge is -2.13. The standard InChI is InChI=1S/C19H17F2NO/c20-13-8-15(11-4-2-1-3-5-11)18(17(21)9-13)22-19(23)16-10-14(16)12-6-7-12/h1-5,8-9,12,14,16H,6-7,10H2,(H,22,23)/t14-,16+/m0/s1. The first-order valence-electron chi connectivity index (χ1n) is 7.99. The Hall–Kier alpha value is -2.23. The topological polar surface area (TPSA) is 29.1 Å². The van der Waals surface area contributed by atoms with E-state index in [1.54, 1.807) is 24.3 Å². The largest absolute Gasteiger partial charge is 0.323 e. The van der Waals surface area contributed by atoms with Crippen molar-refractivity contribution in [2.24, 2.45) is 17.8 Å². The summed E-state index contributed by atoms with van der Waals surface area (Å²) in [6.07, 6.45) is 3.29. The molecule has 0 spiro atoms. The predicted molar refractivity (Wildman–Crippen MR) is 84.7 cm³/mol. The molecule has 2 aromatic carbocycles. The minimum atomic E-state index is -0.735. The molecule has 0 aromatic heterocycles. The fourth-order valence-corrected chi connectivity index (χ4v) is 3.32. The molecule has 2 aromatic rings. The molecule has 0 saturated heterocycles. The summed E-state index contributed by atoms with van der Waals surface area (Å²) in [4.78, 5) is 12.4. The summed E-state index contributed by atoms with van der Waals surface area (Å²) in [5, 5.41) is 2.70. The molecule has 2 fully saturated rings. The van der Waals surface area contributed by atoms with Crippen LogP contribution in [0.25, 0.3) is 11.1 Å². The molecule has 23 heavy (non-hydrogen) atoms. The molecule has 4 rings (SSSR count). The van der Waals surface area contributed by atoms with E-state index in [-0.39, 0.29) is 17.5 Å². The number of hydrogen-bond donors (Lipinski definition) is 1. The molecule has 0 unspecified atom stereocenters. The number of carbonyl (C=O) groups excluding carboxylic acids is 1. The van der Waals surface area contributed by atoms with E-state index in [0.717, 1.165) is 12.5 Å². The van der Waals surface area contributed by atoms with E-state index in [2.05, 4.69) is 5.32 Å². The maximum absolute atomic E-state index is 14.3. The summed E-state index contributed by atoms with van der Waals surface area (Å²) in [7, 11) is 0. The molecule has 2 atom stereocenters. The molecule has 4 heteroatoms. The van der Waals surface area contributed by atoms with Crippen LogP contribution in [0.1, 0.15) is 19.3 Å². The summed E-state index contributed by atoms with van der Waals surface area (Å²) in [6, 6.07) is 11.1. The van der Waals surface area contributed by atoms with Gasteiger partial charge in [-0.25, -0.2) is 8.78 Å². The van der Waals surface area contributed by atoms with Crippen LogP contribution in [0.2, 0.25) is 0 Å². The van der Waals surface area contributed by atoms with Gasteiger partial charge in [-0.2, -0.15) is 0 Å².